The van der Waals surface area contributed by atoms with Crippen molar-refractivity contribution in [3.8, 4) is 11.4 Å². The highest BCUT2D eigenvalue weighted by molar-refractivity contribution is 6.01. The predicted octanol–water partition coefficient (Wildman–Crippen LogP) is 4.92. The Bertz CT molecular complexity index is 1180. The van der Waals surface area contributed by atoms with Crippen LogP contribution in [0.15, 0.2) is 79.0 Å². The fourth-order valence-electron chi connectivity index (χ4n) is 3.19. The van der Waals surface area contributed by atoms with Crippen molar-refractivity contribution in [3.05, 3.63) is 95.8 Å². The summed E-state index contributed by atoms with van der Waals surface area (Å²) in [6.45, 7) is 1.48. The van der Waals surface area contributed by atoms with Gasteiger partial charge in [-0.05, 0) is 40.6 Å². The van der Waals surface area contributed by atoms with E-state index in [1.165, 1.54) is 6.92 Å². The van der Waals surface area contributed by atoms with E-state index in [-0.39, 0.29) is 18.0 Å². The van der Waals surface area contributed by atoms with Crippen LogP contribution in [0.5, 0.6) is 0 Å². The summed E-state index contributed by atoms with van der Waals surface area (Å²) in [6.07, 6.45) is 1.86. The number of carbonyl (C=O) groups is 2. The molecule has 0 saturated heterocycles. The molecule has 0 amide bonds. The summed E-state index contributed by atoms with van der Waals surface area (Å²) >= 11 is 0. The van der Waals surface area contributed by atoms with E-state index in [9.17, 15) is 9.59 Å². The van der Waals surface area contributed by atoms with Crippen molar-refractivity contribution >= 4 is 22.3 Å². The first kappa shape index (κ1) is 17.7. The minimum atomic E-state index is -0.121. The number of pyridine rings is 2. The van der Waals surface area contributed by atoms with E-state index in [1.807, 2.05) is 60.7 Å². The highest BCUT2D eigenvalue weighted by atomic mass is 16.1. The highest BCUT2D eigenvalue weighted by Crippen LogP contribution is 2.23. The number of carbonyl (C=O) groups excluding carboxylic acids is 2. The molecule has 0 bridgehead atoms. The van der Waals surface area contributed by atoms with Gasteiger partial charge in [-0.3, -0.25) is 14.6 Å². The zero-order chi connectivity index (χ0) is 19.5. The number of rotatable bonds is 5. The number of nitrogens with zero attached hydrogens (tertiary/aromatic N) is 2. The minimum absolute atomic E-state index is 0.000286. The Balaban J connectivity index is 1.72. The maximum absolute atomic E-state index is 12.9. The lowest BCUT2D eigenvalue weighted by molar-refractivity contribution is 0.0991. The summed E-state index contributed by atoms with van der Waals surface area (Å²) in [6, 6.07) is 22.6. The van der Waals surface area contributed by atoms with Crippen LogP contribution in [0.1, 0.15) is 33.3 Å². The average Bonchev–Trinajstić information content (AvgIpc) is 2.74. The Morgan fingerprint density at radius 2 is 1.64 bits per heavy atom. The topological polar surface area (TPSA) is 59.9 Å². The van der Waals surface area contributed by atoms with E-state index >= 15 is 0 Å². The number of ketones is 2. The molecular weight excluding hydrogens is 348 g/mol. The van der Waals surface area contributed by atoms with Gasteiger partial charge in [0.05, 0.1) is 11.4 Å². The predicted molar refractivity (Wildman–Crippen MR) is 109 cm³/mol. The van der Waals surface area contributed by atoms with Gasteiger partial charge in [-0.25, -0.2) is 4.98 Å². The third-order valence-electron chi connectivity index (χ3n) is 4.67. The number of benzene rings is 2. The second-order valence-electron chi connectivity index (χ2n) is 6.64. The van der Waals surface area contributed by atoms with E-state index in [2.05, 4.69) is 9.97 Å². The molecule has 4 aromatic rings. The zero-order valence-corrected chi connectivity index (χ0v) is 15.4. The van der Waals surface area contributed by atoms with Crippen molar-refractivity contribution < 1.29 is 9.59 Å². The summed E-state index contributed by atoms with van der Waals surface area (Å²) in [5, 5.41) is 2.13. The molecule has 4 nitrogen and oxygen atoms in total. The van der Waals surface area contributed by atoms with Crippen LogP contribution in [0.2, 0.25) is 0 Å². The van der Waals surface area contributed by atoms with Crippen LogP contribution in [0.4, 0.5) is 0 Å². The summed E-state index contributed by atoms with van der Waals surface area (Å²) in [5.74, 6) is -0.120. The molecule has 0 saturated carbocycles. The summed E-state index contributed by atoms with van der Waals surface area (Å²) < 4.78 is 0. The number of hydrogen-bond acceptors (Lipinski definition) is 4. The highest BCUT2D eigenvalue weighted by Gasteiger charge is 2.16. The van der Waals surface area contributed by atoms with Crippen LogP contribution in [0, 0.1) is 0 Å². The molecule has 2 aromatic heterocycles. The van der Waals surface area contributed by atoms with Crippen molar-refractivity contribution in [2.45, 2.75) is 13.3 Å². The molecule has 0 spiro atoms. The van der Waals surface area contributed by atoms with Crippen molar-refractivity contribution in [3.63, 3.8) is 0 Å². The Morgan fingerprint density at radius 1 is 0.857 bits per heavy atom. The fraction of sp³-hybridized carbons (Fsp3) is 0.0833. The molecule has 2 aromatic carbocycles. The normalized spacial score (nSPS) is 10.8. The largest absolute Gasteiger partial charge is 0.294 e. The van der Waals surface area contributed by atoms with Gasteiger partial charge in [0.25, 0.3) is 0 Å². The second-order valence-corrected chi connectivity index (χ2v) is 6.64. The van der Waals surface area contributed by atoms with Crippen molar-refractivity contribution in [2.24, 2.45) is 0 Å². The summed E-state index contributed by atoms with van der Waals surface area (Å²) in [7, 11) is 0. The lowest BCUT2D eigenvalue weighted by Gasteiger charge is -2.10. The first-order valence-corrected chi connectivity index (χ1v) is 9.06. The van der Waals surface area contributed by atoms with Crippen LogP contribution in [-0.4, -0.2) is 21.5 Å². The Labute approximate surface area is 162 Å². The van der Waals surface area contributed by atoms with E-state index in [0.717, 1.165) is 16.3 Å². The third-order valence-corrected chi connectivity index (χ3v) is 4.67. The van der Waals surface area contributed by atoms with Gasteiger partial charge in [-0.1, -0.05) is 48.5 Å². The quantitative estimate of drug-likeness (QED) is 0.470. The van der Waals surface area contributed by atoms with Gasteiger partial charge >= 0.3 is 0 Å². The molecule has 0 radical (unpaired) electrons. The molecule has 2 heterocycles. The molecule has 28 heavy (non-hydrogen) atoms. The van der Waals surface area contributed by atoms with Crippen LogP contribution in [0.25, 0.3) is 22.2 Å². The van der Waals surface area contributed by atoms with Gasteiger partial charge in [0, 0.05) is 25.1 Å². The number of Topliss-reactive ketones (excluding diaryl/α,β-unsaturated/α-hetero) is 2. The number of aromatic nitrogens is 2. The molecule has 136 valence electrons. The van der Waals surface area contributed by atoms with Gasteiger partial charge in [0.15, 0.2) is 11.6 Å². The van der Waals surface area contributed by atoms with Gasteiger partial charge < -0.3 is 0 Å². The van der Waals surface area contributed by atoms with E-state index in [4.69, 9.17) is 0 Å². The fourth-order valence-corrected chi connectivity index (χ4v) is 3.19. The van der Waals surface area contributed by atoms with Gasteiger partial charge in [-0.15, -0.1) is 0 Å². The zero-order valence-electron chi connectivity index (χ0n) is 15.4. The maximum Gasteiger partial charge on any atom is 0.178 e. The Morgan fingerprint density at radius 3 is 2.39 bits per heavy atom. The molecule has 0 aliphatic rings. The molecule has 0 aliphatic heterocycles. The van der Waals surface area contributed by atoms with E-state index in [1.54, 1.807) is 18.3 Å². The van der Waals surface area contributed by atoms with E-state index in [0.29, 0.717) is 22.6 Å². The lowest BCUT2D eigenvalue weighted by Crippen LogP contribution is -2.08. The maximum atomic E-state index is 12.9. The smallest absolute Gasteiger partial charge is 0.178 e. The standard InChI is InChI=1S/C24H18N2O2/c1-16(27)21-12-11-20(24(26-21)22-8-4-5-13-25-22)15-23(28)19-10-9-17-6-2-3-7-18(17)14-19/h2-14H,15H2,1H3. The van der Waals surface area contributed by atoms with E-state index < -0.39 is 0 Å². The molecule has 4 heteroatoms. The van der Waals surface area contributed by atoms with Crippen LogP contribution < -0.4 is 0 Å². The minimum Gasteiger partial charge on any atom is -0.294 e. The molecule has 0 N–H and O–H groups in total. The first-order chi connectivity index (χ1) is 13.6. The molecular formula is C24H18N2O2. The molecule has 0 aliphatic carbocycles. The summed E-state index contributed by atoms with van der Waals surface area (Å²) in [5.41, 5.74) is 2.99. The average molecular weight is 366 g/mol. The third kappa shape index (κ3) is 3.58. The lowest BCUT2D eigenvalue weighted by atomic mass is 9.98. The Hall–Kier alpha value is -3.66. The number of hydrogen-bond donors (Lipinski definition) is 0. The van der Waals surface area contributed by atoms with Gasteiger partial charge in [-0.2, -0.15) is 0 Å². The van der Waals surface area contributed by atoms with Crippen molar-refractivity contribution in [1.29, 1.82) is 0 Å². The van der Waals surface area contributed by atoms with Gasteiger partial charge in [0.1, 0.15) is 5.69 Å². The number of fused-ring (bicyclic) bond motifs is 1. The molecule has 0 unspecified atom stereocenters. The second kappa shape index (κ2) is 7.53. The molecule has 0 fully saturated rings. The van der Waals surface area contributed by atoms with Crippen LogP contribution in [-0.2, 0) is 6.42 Å². The van der Waals surface area contributed by atoms with Crippen molar-refractivity contribution in [1.82, 2.24) is 9.97 Å². The molecule has 4 rings (SSSR count). The first-order valence-electron chi connectivity index (χ1n) is 9.06. The van der Waals surface area contributed by atoms with Crippen LogP contribution in [0.3, 0.4) is 0 Å². The van der Waals surface area contributed by atoms with Gasteiger partial charge in [0.2, 0.25) is 0 Å². The van der Waals surface area contributed by atoms with Crippen LogP contribution >= 0.6 is 0 Å². The van der Waals surface area contributed by atoms with Crippen molar-refractivity contribution in [2.75, 3.05) is 0 Å². The molecule has 0 atom stereocenters. The monoisotopic (exact) mass is 366 g/mol. The summed E-state index contributed by atoms with van der Waals surface area (Å²) in [4.78, 5) is 33.5. The Kier molecular flexibility index (Phi) is 4.77. The SMILES string of the molecule is CC(=O)c1ccc(CC(=O)c2ccc3ccccc3c2)c(-c2ccccn2)n1.